The van der Waals surface area contributed by atoms with Crippen LogP contribution >= 0.6 is 11.8 Å². The topological polar surface area (TPSA) is 55.3 Å². The normalized spacial score (nSPS) is 18.0. The number of aromatic nitrogens is 1. The summed E-state index contributed by atoms with van der Waals surface area (Å²) in [4.78, 5) is 6.92. The van der Waals surface area contributed by atoms with Crippen LogP contribution < -0.4 is 5.73 Å². The fourth-order valence-corrected chi connectivity index (χ4v) is 3.13. The van der Waals surface area contributed by atoms with Crippen LogP contribution in [0.4, 0.5) is 5.69 Å². The van der Waals surface area contributed by atoms with Crippen molar-refractivity contribution in [3.8, 4) is 0 Å². The van der Waals surface area contributed by atoms with Crippen molar-refractivity contribution in [2.75, 3.05) is 30.3 Å². The van der Waals surface area contributed by atoms with Gasteiger partial charge in [-0.25, -0.2) is 4.98 Å². The zero-order chi connectivity index (χ0) is 12.4. The largest absolute Gasteiger partial charge is 0.439 e. The van der Waals surface area contributed by atoms with E-state index in [4.69, 9.17) is 10.2 Å². The summed E-state index contributed by atoms with van der Waals surface area (Å²) in [5, 5.41) is 0. The second-order valence-corrected chi connectivity index (χ2v) is 5.80. The molecule has 0 amide bonds. The van der Waals surface area contributed by atoms with Crippen molar-refractivity contribution in [1.29, 1.82) is 0 Å². The van der Waals surface area contributed by atoms with Crippen molar-refractivity contribution in [2.45, 2.75) is 13.0 Å². The molecule has 1 fully saturated rings. The molecule has 4 nitrogen and oxygen atoms in total. The molecule has 1 aromatic heterocycles. The number of rotatable bonds is 2. The van der Waals surface area contributed by atoms with Crippen LogP contribution in [0.3, 0.4) is 0 Å². The minimum Gasteiger partial charge on any atom is -0.439 e. The molecule has 0 atom stereocenters. The molecule has 0 saturated carbocycles. The van der Waals surface area contributed by atoms with Gasteiger partial charge in [0.25, 0.3) is 0 Å². The Morgan fingerprint density at radius 2 is 2.28 bits per heavy atom. The van der Waals surface area contributed by atoms with Crippen molar-refractivity contribution >= 4 is 28.5 Å². The maximum absolute atomic E-state index is 5.75. The highest BCUT2D eigenvalue weighted by Gasteiger charge is 2.13. The van der Waals surface area contributed by atoms with Crippen LogP contribution in [0, 0.1) is 0 Å². The first-order valence-electron chi connectivity index (χ1n) is 6.26. The van der Waals surface area contributed by atoms with Gasteiger partial charge in [-0.1, -0.05) is 0 Å². The zero-order valence-electron chi connectivity index (χ0n) is 10.3. The average molecular weight is 263 g/mol. The summed E-state index contributed by atoms with van der Waals surface area (Å²) >= 11 is 2.03. The lowest BCUT2D eigenvalue weighted by molar-refractivity contribution is 0.260. The van der Waals surface area contributed by atoms with E-state index in [2.05, 4.69) is 9.88 Å². The molecule has 1 aliphatic heterocycles. The van der Waals surface area contributed by atoms with Crippen molar-refractivity contribution in [1.82, 2.24) is 9.88 Å². The number of hydrogen-bond donors (Lipinski definition) is 1. The van der Waals surface area contributed by atoms with Crippen molar-refractivity contribution in [3.05, 3.63) is 24.1 Å². The Balaban J connectivity index is 1.77. The Bertz CT molecular complexity index is 532. The average Bonchev–Trinajstić information content (AvgIpc) is 2.57. The molecular formula is C13H17N3OS. The van der Waals surface area contributed by atoms with Gasteiger partial charge in [-0.3, -0.25) is 4.90 Å². The molecule has 0 unspecified atom stereocenters. The Labute approximate surface area is 111 Å². The molecule has 2 heterocycles. The third-order valence-electron chi connectivity index (χ3n) is 3.13. The Morgan fingerprint density at radius 1 is 1.33 bits per heavy atom. The van der Waals surface area contributed by atoms with E-state index < -0.39 is 0 Å². The lowest BCUT2D eigenvalue weighted by Gasteiger charge is -2.16. The molecule has 0 radical (unpaired) electrons. The van der Waals surface area contributed by atoms with Gasteiger partial charge in [0.1, 0.15) is 5.52 Å². The van der Waals surface area contributed by atoms with E-state index in [1.807, 2.05) is 30.0 Å². The molecular weight excluding hydrogens is 246 g/mol. The summed E-state index contributed by atoms with van der Waals surface area (Å²) in [5.41, 5.74) is 8.13. The summed E-state index contributed by atoms with van der Waals surface area (Å²) in [5.74, 6) is 3.26. The summed E-state index contributed by atoms with van der Waals surface area (Å²) < 4.78 is 5.75. The fraction of sp³-hybridized carbons (Fsp3) is 0.462. The van der Waals surface area contributed by atoms with E-state index in [1.165, 1.54) is 17.9 Å². The zero-order valence-corrected chi connectivity index (χ0v) is 11.1. The molecule has 0 bridgehead atoms. The number of hydrogen-bond acceptors (Lipinski definition) is 5. The van der Waals surface area contributed by atoms with Gasteiger partial charge < -0.3 is 10.2 Å². The highest BCUT2D eigenvalue weighted by atomic mass is 32.2. The molecule has 18 heavy (non-hydrogen) atoms. The van der Waals surface area contributed by atoms with Gasteiger partial charge in [-0.2, -0.15) is 11.8 Å². The quantitative estimate of drug-likeness (QED) is 0.843. The first-order valence-corrected chi connectivity index (χ1v) is 7.42. The lowest BCUT2D eigenvalue weighted by atomic mass is 10.3. The van der Waals surface area contributed by atoms with Crippen LogP contribution in [0.5, 0.6) is 0 Å². The van der Waals surface area contributed by atoms with E-state index in [9.17, 15) is 0 Å². The molecule has 1 saturated heterocycles. The number of thioether (sulfide) groups is 1. The molecule has 0 spiro atoms. The minimum absolute atomic E-state index is 0.719. The smallest absolute Gasteiger partial charge is 0.209 e. The summed E-state index contributed by atoms with van der Waals surface area (Å²) in [6, 6.07) is 5.61. The van der Waals surface area contributed by atoms with Gasteiger partial charge in [-0.15, -0.1) is 0 Å². The third-order valence-corrected chi connectivity index (χ3v) is 4.18. The van der Waals surface area contributed by atoms with Crippen LogP contribution in [0.15, 0.2) is 22.6 Å². The number of oxazole rings is 1. The first kappa shape index (κ1) is 11.9. The molecule has 5 heteroatoms. The Morgan fingerprint density at radius 3 is 3.22 bits per heavy atom. The van der Waals surface area contributed by atoms with E-state index in [1.54, 1.807) is 0 Å². The lowest BCUT2D eigenvalue weighted by Crippen LogP contribution is -2.25. The molecule has 3 rings (SSSR count). The van der Waals surface area contributed by atoms with E-state index in [0.717, 1.165) is 42.3 Å². The predicted octanol–water partition coefficient (Wildman–Crippen LogP) is 2.35. The van der Waals surface area contributed by atoms with E-state index in [-0.39, 0.29) is 0 Å². The molecule has 2 N–H and O–H groups in total. The number of nitrogen functional groups attached to an aromatic ring is 1. The van der Waals surface area contributed by atoms with Gasteiger partial charge in [0.15, 0.2) is 5.58 Å². The van der Waals surface area contributed by atoms with Gasteiger partial charge in [-0.05, 0) is 30.9 Å². The van der Waals surface area contributed by atoms with Crippen molar-refractivity contribution in [3.63, 3.8) is 0 Å². The number of nitrogens with two attached hydrogens (primary N) is 1. The van der Waals surface area contributed by atoms with Gasteiger partial charge >= 0.3 is 0 Å². The second kappa shape index (κ2) is 5.20. The minimum atomic E-state index is 0.719. The van der Waals surface area contributed by atoms with Gasteiger partial charge in [0.2, 0.25) is 5.89 Å². The Hall–Kier alpha value is -1.20. The van der Waals surface area contributed by atoms with Crippen LogP contribution in [0.25, 0.3) is 11.1 Å². The highest BCUT2D eigenvalue weighted by molar-refractivity contribution is 7.99. The predicted molar refractivity (Wildman–Crippen MR) is 75.6 cm³/mol. The second-order valence-electron chi connectivity index (χ2n) is 4.58. The van der Waals surface area contributed by atoms with Gasteiger partial charge in [0.05, 0.1) is 6.54 Å². The van der Waals surface area contributed by atoms with Crippen LogP contribution in [0.2, 0.25) is 0 Å². The molecule has 1 aliphatic rings. The fourth-order valence-electron chi connectivity index (χ4n) is 2.20. The third kappa shape index (κ3) is 2.62. The van der Waals surface area contributed by atoms with E-state index >= 15 is 0 Å². The van der Waals surface area contributed by atoms with Crippen LogP contribution in [-0.2, 0) is 6.54 Å². The maximum atomic E-state index is 5.75. The molecule has 2 aromatic rings. The SMILES string of the molecule is Nc1ccc2nc(CN3CCCSCC3)oc2c1. The molecule has 1 aromatic carbocycles. The summed E-state index contributed by atoms with van der Waals surface area (Å²) in [6.07, 6.45) is 1.25. The van der Waals surface area contributed by atoms with E-state index in [0.29, 0.717) is 0 Å². The van der Waals surface area contributed by atoms with Gasteiger partial charge in [0, 0.05) is 24.1 Å². The molecule has 0 aliphatic carbocycles. The highest BCUT2D eigenvalue weighted by Crippen LogP contribution is 2.20. The maximum Gasteiger partial charge on any atom is 0.209 e. The van der Waals surface area contributed by atoms with Crippen LogP contribution in [-0.4, -0.2) is 34.5 Å². The summed E-state index contributed by atoms with van der Waals surface area (Å²) in [6.45, 7) is 3.05. The number of anilines is 1. The van der Waals surface area contributed by atoms with Crippen molar-refractivity contribution < 1.29 is 4.42 Å². The monoisotopic (exact) mass is 263 g/mol. The number of fused-ring (bicyclic) bond motifs is 1. The number of benzene rings is 1. The first-order chi connectivity index (χ1) is 8.81. The standard InChI is InChI=1S/C13H17N3OS/c14-10-2-3-11-12(8-10)17-13(15-11)9-16-4-1-6-18-7-5-16/h2-3,8H,1,4-7,9,14H2. The van der Waals surface area contributed by atoms with Crippen molar-refractivity contribution in [2.24, 2.45) is 0 Å². The Kier molecular flexibility index (Phi) is 3.43. The number of nitrogens with zero attached hydrogens (tertiary/aromatic N) is 2. The van der Waals surface area contributed by atoms with Crippen LogP contribution in [0.1, 0.15) is 12.3 Å². The summed E-state index contributed by atoms with van der Waals surface area (Å²) in [7, 11) is 0. The molecule has 96 valence electrons.